The summed E-state index contributed by atoms with van der Waals surface area (Å²) in [6, 6.07) is 0. The molecule has 0 heterocycles. The van der Waals surface area contributed by atoms with Gasteiger partial charge in [-0.3, -0.25) is 4.79 Å². The zero-order chi connectivity index (χ0) is 10.6. The summed E-state index contributed by atoms with van der Waals surface area (Å²) in [7, 11) is 0. The topological polar surface area (TPSA) is 26.3 Å². The van der Waals surface area contributed by atoms with E-state index >= 15 is 0 Å². The van der Waals surface area contributed by atoms with Gasteiger partial charge in [0.15, 0.2) is 5.78 Å². The molecule has 0 saturated carbocycles. The third kappa shape index (κ3) is 5.04. The van der Waals surface area contributed by atoms with Gasteiger partial charge in [0.25, 0.3) is 0 Å². The van der Waals surface area contributed by atoms with Crippen LogP contribution in [0.4, 0.5) is 0 Å². The molecule has 0 aliphatic heterocycles. The summed E-state index contributed by atoms with van der Waals surface area (Å²) < 4.78 is 5.44. The molecule has 0 bridgehead atoms. The fourth-order valence-corrected chi connectivity index (χ4v) is 0.616. The van der Waals surface area contributed by atoms with E-state index in [4.69, 9.17) is 4.74 Å². The Morgan fingerprint density at radius 1 is 1.23 bits per heavy atom. The largest absolute Gasteiger partial charge is 0.370 e. The van der Waals surface area contributed by atoms with Crippen LogP contribution in [0.1, 0.15) is 41.5 Å². The van der Waals surface area contributed by atoms with Crippen LogP contribution >= 0.6 is 0 Å². The van der Waals surface area contributed by atoms with E-state index in [2.05, 4.69) is 13.8 Å². The van der Waals surface area contributed by atoms with Crippen molar-refractivity contribution in [3.8, 4) is 0 Å². The van der Waals surface area contributed by atoms with Gasteiger partial charge in [-0.15, -0.1) is 0 Å². The standard InChI is InChI=1S/C11H22O2/c1-8(2)9(3)13-7-10(12)11(4,5)6/h8-9H,7H2,1-6H3. The van der Waals surface area contributed by atoms with E-state index in [0.29, 0.717) is 5.92 Å². The Morgan fingerprint density at radius 2 is 1.69 bits per heavy atom. The Morgan fingerprint density at radius 3 is 2.00 bits per heavy atom. The Bertz CT molecular complexity index is 165. The highest BCUT2D eigenvalue weighted by atomic mass is 16.5. The van der Waals surface area contributed by atoms with E-state index in [1.165, 1.54) is 0 Å². The van der Waals surface area contributed by atoms with Gasteiger partial charge >= 0.3 is 0 Å². The van der Waals surface area contributed by atoms with Crippen LogP contribution in [-0.2, 0) is 9.53 Å². The summed E-state index contributed by atoms with van der Waals surface area (Å²) in [5, 5.41) is 0. The van der Waals surface area contributed by atoms with Crippen LogP contribution in [-0.4, -0.2) is 18.5 Å². The van der Waals surface area contributed by atoms with Gasteiger partial charge in [0.05, 0.1) is 6.10 Å². The van der Waals surface area contributed by atoms with Crippen LogP contribution in [0.3, 0.4) is 0 Å². The molecule has 1 unspecified atom stereocenters. The molecule has 0 aliphatic carbocycles. The Kier molecular flexibility index (Phi) is 4.62. The molecule has 0 spiro atoms. The first kappa shape index (κ1) is 12.6. The Balaban J connectivity index is 3.84. The van der Waals surface area contributed by atoms with Crippen LogP contribution in [0.2, 0.25) is 0 Å². The zero-order valence-electron chi connectivity index (χ0n) is 9.68. The molecule has 1 atom stereocenters. The molecule has 0 aromatic carbocycles. The molecule has 78 valence electrons. The van der Waals surface area contributed by atoms with E-state index in [9.17, 15) is 4.79 Å². The molecule has 0 radical (unpaired) electrons. The number of hydrogen-bond donors (Lipinski definition) is 0. The van der Waals surface area contributed by atoms with Gasteiger partial charge in [0.1, 0.15) is 6.61 Å². The van der Waals surface area contributed by atoms with Crippen molar-refractivity contribution in [3.63, 3.8) is 0 Å². The summed E-state index contributed by atoms with van der Waals surface area (Å²) in [6.45, 7) is 12.2. The summed E-state index contributed by atoms with van der Waals surface area (Å²) >= 11 is 0. The molecule has 0 aromatic heterocycles. The molecule has 0 amide bonds. The SMILES string of the molecule is CC(C)C(C)OCC(=O)C(C)(C)C. The van der Waals surface area contributed by atoms with Gasteiger partial charge in [0.2, 0.25) is 0 Å². The third-order valence-electron chi connectivity index (χ3n) is 2.25. The lowest BCUT2D eigenvalue weighted by molar-refractivity contribution is -0.133. The van der Waals surface area contributed by atoms with E-state index in [0.717, 1.165) is 0 Å². The van der Waals surface area contributed by atoms with Gasteiger partial charge in [-0.2, -0.15) is 0 Å². The summed E-state index contributed by atoms with van der Waals surface area (Å²) in [6.07, 6.45) is 0.159. The number of Topliss-reactive ketones (excluding diaryl/α,β-unsaturated/α-hetero) is 1. The van der Waals surface area contributed by atoms with E-state index in [1.54, 1.807) is 0 Å². The molecule has 2 heteroatoms. The summed E-state index contributed by atoms with van der Waals surface area (Å²) in [4.78, 5) is 11.5. The van der Waals surface area contributed by atoms with Crippen LogP contribution in [0.15, 0.2) is 0 Å². The van der Waals surface area contributed by atoms with Gasteiger partial charge in [-0.25, -0.2) is 0 Å². The first-order valence-corrected chi connectivity index (χ1v) is 4.90. The minimum absolute atomic E-state index is 0.159. The second-order valence-corrected chi connectivity index (χ2v) is 4.93. The van der Waals surface area contributed by atoms with Crippen LogP contribution in [0.5, 0.6) is 0 Å². The molecule has 0 aliphatic rings. The van der Waals surface area contributed by atoms with E-state index in [1.807, 2.05) is 27.7 Å². The van der Waals surface area contributed by atoms with E-state index < -0.39 is 0 Å². The van der Waals surface area contributed by atoms with Crippen molar-refractivity contribution in [2.45, 2.75) is 47.6 Å². The molecule has 0 rings (SSSR count). The molecule has 0 saturated heterocycles. The van der Waals surface area contributed by atoms with Gasteiger partial charge < -0.3 is 4.74 Å². The first-order valence-electron chi connectivity index (χ1n) is 4.90. The second-order valence-electron chi connectivity index (χ2n) is 4.93. The smallest absolute Gasteiger partial charge is 0.163 e. The van der Waals surface area contributed by atoms with Crippen LogP contribution < -0.4 is 0 Å². The molecule has 0 fully saturated rings. The minimum atomic E-state index is -0.281. The molecule has 0 N–H and O–H groups in total. The quantitative estimate of drug-likeness (QED) is 0.674. The lowest BCUT2D eigenvalue weighted by Gasteiger charge is -2.20. The number of ether oxygens (including phenoxy) is 1. The third-order valence-corrected chi connectivity index (χ3v) is 2.25. The molecule has 0 aromatic rings. The predicted octanol–water partition coefficient (Wildman–Crippen LogP) is 2.66. The summed E-state index contributed by atoms with van der Waals surface area (Å²) in [5.74, 6) is 0.632. The van der Waals surface area contributed by atoms with Crippen molar-refractivity contribution in [3.05, 3.63) is 0 Å². The van der Waals surface area contributed by atoms with Crippen molar-refractivity contribution in [1.29, 1.82) is 0 Å². The predicted molar refractivity (Wildman–Crippen MR) is 54.7 cm³/mol. The number of rotatable bonds is 4. The maximum Gasteiger partial charge on any atom is 0.163 e. The highest BCUT2D eigenvalue weighted by Crippen LogP contribution is 2.15. The highest BCUT2D eigenvalue weighted by Gasteiger charge is 2.22. The Hall–Kier alpha value is -0.370. The normalized spacial score (nSPS) is 14.7. The van der Waals surface area contributed by atoms with Crippen molar-refractivity contribution < 1.29 is 9.53 Å². The number of carbonyl (C=O) groups is 1. The number of carbonyl (C=O) groups excluding carboxylic acids is 1. The first-order chi connectivity index (χ1) is 5.75. The van der Waals surface area contributed by atoms with E-state index in [-0.39, 0.29) is 23.9 Å². The summed E-state index contributed by atoms with van der Waals surface area (Å²) in [5.41, 5.74) is -0.281. The van der Waals surface area contributed by atoms with Gasteiger partial charge in [-0.05, 0) is 12.8 Å². The lowest BCUT2D eigenvalue weighted by atomic mass is 9.91. The fraction of sp³-hybridized carbons (Fsp3) is 0.909. The lowest BCUT2D eigenvalue weighted by Crippen LogP contribution is -2.28. The van der Waals surface area contributed by atoms with Crippen LogP contribution in [0, 0.1) is 11.3 Å². The van der Waals surface area contributed by atoms with Crippen LogP contribution in [0.25, 0.3) is 0 Å². The minimum Gasteiger partial charge on any atom is -0.370 e. The number of ketones is 1. The molecular formula is C11H22O2. The fourth-order valence-electron chi connectivity index (χ4n) is 0.616. The molecular weight excluding hydrogens is 164 g/mol. The highest BCUT2D eigenvalue weighted by molar-refractivity contribution is 5.84. The zero-order valence-corrected chi connectivity index (χ0v) is 9.68. The average molecular weight is 186 g/mol. The van der Waals surface area contributed by atoms with Crippen molar-refractivity contribution >= 4 is 5.78 Å². The maximum absolute atomic E-state index is 11.5. The number of hydrogen-bond acceptors (Lipinski definition) is 2. The van der Waals surface area contributed by atoms with Crippen molar-refractivity contribution in [2.24, 2.45) is 11.3 Å². The van der Waals surface area contributed by atoms with Crippen molar-refractivity contribution in [2.75, 3.05) is 6.61 Å². The van der Waals surface area contributed by atoms with Gasteiger partial charge in [-0.1, -0.05) is 34.6 Å². The maximum atomic E-state index is 11.5. The average Bonchev–Trinajstić information content (AvgIpc) is 1.97. The van der Waals surface area contributed by atoms with Gasteiger partial charge in [0, 0.05) is 5.41 Å². The Labute approximate surface area is 81.7 Å². The molecule has 2 nitrogen and oxygen atoms in total. The van der Waals surface area contributed by atoms with Crippen molar-refractivity contribution in [1.82, 2.24) is 0 Å². The monoisotopic (exact) mass is 186 g/mol. The molecule has 13 heavy (non-hydrogen) atoms. The second kappa shape index (κ2) is 4.75.